The standard InChI is InChI=1S/C8H11NO4S/c10-5-6-14(12,13)9-7-1-3-8(11)4-2-7/h1-4,9-11H,5-6H2. The summed E-state index contributed by atoms with van der Waals surface area (Å²) in [6.45, 7) is -0.423. The zero-order valence-electron chi connectivity index (χ0n) is 7.34. The Morgan fingerprint density at radius 2 is 1.79 bits per heavy atom. The Balaban J connectivity index is 2.74. The highest BCUT2D eigenvalue weighted by Gasteiger charge is 2.08. The molecular formula is C8H11NO4S. The van der Waals surface area contributed by atoms with E-state index in [0.717, 1.165) is 0 Å². The average molecular weight is 217 g/mol. The second-order valence-electron chi connectivity index (χ2n) is 2.69. The number of rotatable bonds is 4. The molecule has 0 aromatic heterocycles. The zero-order valence-corrected chi connectivity index (χ0v) is 8.16. The van der Waals surface area contributed by atoms with Crippen LogP contribution in [0.4, 0.5) is 5.69 Å². The van der Waals surface area contributed by atoms with Crippen LogP contribution in [0.2, 0.25) is 0 Å². The SMILES string of the molecule is O=S(=O)(CCO)Nc1ccc(O)cc1. The fourth-order valence-corrected chi connectivity index (χ4v) is 1.72. The maximum absolute atomic E-state index is 11.2. The van der Waals surface area contributed by atoms with E-state index in [1.54, 1.807) is 0 Å². The van der Waals surface area contributed by atoms with Crippen molar-refractivity contribution in [2.45, 2.75) is 0 Å². The molecule has 0 atom stereocenters. The number of sulfonamides is 1. The van der Waals surface area contributed by atoms with E-state index < -0.39 is 16.6 Å². The van der Waals surface area contributed by atoms with Crippen molar-refractivity contribution >= 4 is 15.7 Å². The monoisotopic (exact) mass is 217 g/mol. The van der Waals surface area contributed by atoms with Gasteiger partial charge in [-0.2, -0.15) is 0 Å². The van der Waals surface area contributed by atoms with E-state index in [1.807, 2.05) is 0 Å². The third-order valence-electron chi connectivity index (χ3n) is 1.50. The molecule has 0 aliphatic carbocycles. The number of nitrogens with one attached hydrogen (secondary N) is 1. The van der Waals surface area contributed by atoms with Crippen molar-refractivity contribution < 1.29 is 18.6 Å². The molecule has 0 bridgehead atoms. The minimum absolute atomic E-state index is 0.0649. The first-order valence-corrected chi connectivity index (χ1v) is 5.59. The van der Waals surface area contributed by atoms with E-state index in [4.69, 9.17) is 10.2 Å². The van der Waals surface area contributed by atoms with Crippen LogP contribution < -0.4 is 4.72 Å². The van der Waals surface area contributed by atoms with Crippen LogP contribution in [0.5, 0.6) is 5.75 Å². The van der Waals surface area contributed by atoms with Gasteiger partial charge in [0.15, 0.2) is 0 Å². The normalized spacial score (nSPS) is 11.2. The Labute approximate surface area is 82.1 Å². The molecule has 0 fully saturated rings. The van der Waals surface area contributed by atoms with Gasteiger partial charge in [0, 0.05) is 5.69 Å². The molecule has 0 unspecified atom stereocenters. The molecule has 1 rings (SSSR count). The van der Waals surface area contributed by atoms with Crippen LogP contribution in [-0.2, 0) is 10.0 Å². The van der Waals surface area contributed by atoms with Gasteiger partial charge >= 0.3 is 0 Å². The number of hydrogen-bond acceptors (Lipinski definition) is 4. The maximum atomic E-state index is 11.2. The highest BCUT2D eigenvalue weighted by Crippen LogP contribution is 2.14. The van der Waals surface area contributed by atoms with Gasteiger partial charge in [-0.05, 0) is 24.3 Å². The molecule has 0 saturated carbocycles. The average Bonchev–Trinajstić information content (AvgIpc) is 2.08. The molecule has 1 aromatic rings. The van der Waals surface area contributed by atoms with Crippen LogP contribution >= 0.6 is 0 Å². The second-order valence-corrected chi connectivity index (χ2v) is 4.53. The minimum atomic E-state index is -3.48. The van der Waals surface area contributed by atoms with Gasteiger partial charge in [-0.3, -0.25) is 4.72 Å². The fourth-order valence-electron chi connectivity index (χ4n) is 0.880. The van der Waals surface area contributed by atoms with Crippen LogP contribution in [-0.4, -0.2) is 31.0 Å². The van der Waals surface area contributed by atoms with E-state index >= 15 is 0 Å². The number of phenolic OH excluding ortho intramolecular Hbond substituents is 1. The molecule has 14 heavy (non-hydrogen) atoms. The lowest BCUT2D eigenvalue weighted by molar-refractivity contribution is 0.320. The van der Waals surface area contributed by atoms with Gasteiger partial charge in [-0.1, -0.05) is 0 Å². The number of phenols is 1. The van der Waals surface area contributed by atoms with Gasteiger partial charge in [-0.15, -0.1) is 0 Å². The van der Waals surface area contributed by atoms with Gasteiger partial charge in [0.05, 0.1) is 12.4 Å². The summed E-state index contributed by atoms with van der Waals surface area (Å²) in [5.41, 5.74) is 0.358. The maximum Gasteiger partial charge on any atom is 0.234 e. The summed E-state index contributed by atoms with van der Waals surface area (Å²) in [7, 11) is -3.48. The largest absolute Gasteiger partial charge is 0.508 e. The number of hydrogen-bond donors (Lipinski definition) is 3. The Kier molecular flexibility index (Phi) is 3.32. The molecule has 6 heteroatoms. The zero-order chi connectivity index (χ0) is 10.6. The number of aromatic hydroxyl groups is 1. The van der Waals surface area contributed by atoms with Crippen molar-refractivity contribution in [3.63, 3.8) is 0 Å². The number of aliphatic hydroxyl groups excluding tert-OH is 1. The third-order valence-corrected chi connectivity index (χ3v) is 2.77. The summed E-state index contributed by atoms with van der Waals surface area (Å²) in [6.07, 6.45) is 0. The van der Waals surface area contributed by atoms with E-state index in [9.17, 15) is 8.42 Å². The van der Waals surface area contributed by atoms with Gasteiger partial charge in [0.1, 0.15) is 5.75 Å². The summed E-state index contributed by atoms with van der Waals surface area (Å²) in [6, 6.07) is 5.61. The first-order valence-electron chi connectivity index (χ1n) is 3.94. The highest BCUT2D eigenvalue weighted by atomic mass is 32.2. The van der Waals surface area contributed by atoms with Crippen LogP contribution in [0.3, 0.4) is 0 Å². The smallest absolute Gasteiger partial charge is 0.234 e. The van der Waals surface area contributed by atoms with Crippen LogP contribution in [0.25, 0.3) is 0 Å². The molecular weight excluding hydrogens is 206 g/mol. The number of aliphatic hydroxyl groups is 1. The molecule has 3 N–H and O–H groups in total. The summed E-state index contributed by atoms with van der Waals surface area (Å²) in [5, 5.41) is 17.4. The topological polar surface area (TPSA) is 86.6 Å². The van der Waals surface area contributed by atoms with Crippen molar-refractivity contribution in [3.8, 4) is 5.75 Å². The minimum Gasteiger partial charge on any atom is -0.508 e. The first kappa shape index (κ1) is 10.8. The van der Waals surface area contributed by atoms with Gasteiger partial charge in [0.2, 0.25) is 10.0 Å². The first-order chi connectivity index (χ1) is 6.53. The van der Waals surface area contributed by atoms with Crippen LogP contribution in [0.15, 0.2) is 24.3 Å². The summed E-state index contributed by atoms with van der Waals surface area (Å²) < 4.78 is 24.6. The molecule has 0 heterocycles. The van der Waals surface area contributed by atoms with Gasteiger partial charge in [-0.25, -0.2) is 8.42 Å². The lowest BCUT2D eigenvalue weighted by Crippen LogP contribution is -2.18. The fraction of sp³-hybridized carbons (Fsp3) is 0.250. The van der Waals surface area contributed by atoms with E-state index in [-0.39, 0.29) is 11.5 Å². The van der Waals surface area contributed by atoms with E-state index in [2.05, 4.69) is 4.72 Å². The molecule has 78 valence electrons. The van der Waals surface area contributed by atoms with Crippen molar-refractivity contribution in [2.24, 2.45) is 0 Å². The predicted octanol–water partition coefficient (Wildman–Crippen LogP) is 0.126. The number of benzene rings is 1. The van der Waals surface area contributed by atoms with Gasteiger partial charge in [0.25, 0.3) is 0 Å². The summed E-state index contributed by atoms with van der Waals surface area (Å²) in [4.78, 5) is 0. The predicted molar refractivity (Wildman–Crippen MR) is 52.6 cm³/mol. The molecule has 0 aliphatic rings. The second kappa shape index (κ2) is 4.30. The summed E-state index contributed by atoms with van der Waals surface area (Å²) >= 11 is 0. The van der Waals surface area contributed by atoms with Crippen molar-refractivity contribution in [3.05, 3.63) is 24.3 Å². The Morgan fingerprint density at radius 3 is 2.29 bits per heavy atom. The molecule has 0 spiro atoms. The van der Waals surface area contributed by atoms with E-state index in [0.29, 0.717) is 5.69 Å². The highest BCUT2D eigenvalue weighted by molar-refractivity contribution is 7.92. The van der Waals surface area contributed by atoms with Crippen molar-refractivity contribution in [1.82, 2.24) is 0 Å². The molecule has 0 saturated heterocycles. The molecule has 0 radical (unpaired) electrons. The molecule has 0 amide bonds. The van der Waals surface area contributed by atoms with E-state index in [1.165, 1.54) is 24.3 Å². The lowest BCUT2D eigenvalue weighted by Gasteiger charge is -2.05. The molecule has 5 nitrogen and oxygen atoms in total. The molecule has 1 aromatic carbocycles. The van der Waals surface area contributed by atoms with Gasteiger partial charge < -0.3 is 10.2 Å². The van der Waals surface area contributed by atoms with Crippen LogP contribution in [0, 0.1) is 0 Å². The lowest BCUT2D eigenvalue weighted by atomic mass is 10.3. The van der Waals surface area contributed by atoms with Crippen molar-refractivity contribution in [2.75, 3.05) is 17.1 Å². The summed E-state index contributed by atoms with van der Waals surface area (Å²) in [5.74, 6) is -0.274. The Hall–Kier alpha value is -1.27. The Morgan fingerprint density at radius 1 is 1.21 bits per heavy atom. The third kappa shape index (κ3) is 3.23. The Bertz CT molecular complexity index is 384. The molecule has 0 aliphatic heterocycles. The number of anilines is 1. The van der Waals surface area contributed by atoms with Crippen LogP contribution in [0.1, 0.15) is 0 Å². The quantitative estimate of drug-likeness (QED) is 0.625. The van der Waals surface area contributed by atoms with Crippen molar-refractivity contribution in [1.29, 1.82) is 0 Å².